The number of fused-ring (bicyclic) bond motifs is 2. The maximum absolute atomic E-state index is 12.5. The third-order valence-electron chi connectivity index (χ3n) is 3.99. The van der Waals surface area contributed by atoms with E-state index in [1.54, 1.807) is 0 Å². The molecule has 3 rings (SSSR count). The van der Waals surface area contributed by atoms with Crippen molar-refractivity contribution >= 4 is 52.5 Å². The first-order chi connectivity index (χ1) is 11.1. The first-order valence-electron chi connectivity index (χ1n) is 7.78. The molecule has 0 spiro atoms. The number of amides is 1. The monoisotopic (exact) mass is 379 g/mol. The maximum atomic E-state index is 12.5. The molecule has 0 saturated heterocycles. The predicted molar refractivity (Wildman–Crippen MR) is 109 cm³/mol. The van der Waals surface area contributed by atoms with E-state index in [9.17, 15) is 4.79 Å². The van der Waals surface area contributed by atoms with Crippen LogP contribution in [0.15, 0.2) is 42.5 Å². The zero-order valence-corrected chi connectivity index (χ0v) is 16.2. The van der Waals surface area contributed by atoms with Crippen molar-refractivity contribution in [3.8, 4) is 0 Å². The topological polar surface area (TPSA) is 45.2 Å². The molecule has 1 amide bonds. The van der Waals surface area contributed by atoms with Crippen LogP contribution in [0.2, 0.25) is 0 Å². The van der Waals surface area contributed by atoms with Crippen LogP contribution in [-0.2, 0) is 0 Å². The van der Waals surface area contributed by atoms with Gasteiger partial charge in [-0.1, -0.05) is 24.3 Å². The van der Waals surface area contributed by atoms with E-state index in [2.05, 4.69) is 11.4 Å². The van der Waals surface area contributed by atoms with Crippen LogP contribution < -0.4 is 5.32 Å². The fourth-order valence-corrected chi connectivity index (χ4v) is 2.67. The van der Waals surface area contributed by atoms with Gasteiger partial charge in [0.25, 0.3) is 5.91 Å². The van der Waals surface area contributed by atoms with Crippen molar-refractivity contribution in [3.63, 3.8) is 0 Å². The van der Waals surface area contributed by atoms with Gasteiger partial charge < -0.3 is 10.2 Å². The van der Waals surface area contributed by atoms with Crippen LogP contribution in [0.25, 0.3) is 21.8 Å². The van der Waals surface area contributed by atoms with Gasteiger partial charge in [-0.2, -0.15) is 0 Å². The van der Waals surface area contributed by atoms with Crippen molar-refractivity contribution in [1.82, 2.24) is 15.2 Å². The number of para-hydroxylation sites is 1. The molecule has 4 nitrogen and oxygen atoms in total. The summed E-state index contributed by atoms with van der Waals surface area (Å²) in [5, 5.41) is 5.09. The average Bonchev–Trinajstić information content (AvgIpc) is 2.53. The number of hydrogen-bond acceptors (Lipinski definition) is 3. The van der Waals surface area contributed by atoms with Gasteiger partial charge in [-0.15, -0.1) is 24.8 Å². The second-order valence-corrected chi connectivity index (χ2v) is 6.07. The SMILES string of the molecule is Cc1ccc(C(=O)NCCN(C)C)c2nc3ccccc3cc12.Cl.Cl. The molecule has 6 heteroatoms. The lowest BCUT2D eigenvalue weighted by molar-refractivity contribution is 0.0952. The molecule has 134 valence electrons. The highest BCUT2D eigenvalue weighted by Gasteiger charge is 2.13. The highest BCUT2D eigenvalue weighted by molar-refractivity contribution is 6.08. The number of pyridine rings is 1. The summed E-state index contributed by atoms with van der Waals surface area (Å²) in [5.41, 5.74) is 3.44. The normalized spacial score (nSPS) is 10.4. The van der Waals surface area contributed by atoms with Crippen LogP contribution in [0.5, 0.6) is 0 Å². The number of nitrogens with one attached hydrogen (secondary N) is 1. The fourth-order valence-electron chi connectivity index (χ4n) is 2.67. The molecule has 1 N–H and O–H groups in total. The number of aryl methyl sites for hydroxylation is 1. The molecule has 0 unspecified atom stereocenters. The summed E-state index contributed by atoms with van der Waals surface area (Å²) >= 11 is 0. The molecular formula is C19H23Cl2N3O. The Morgan fingerprint density at radius 3 is 2.56 bits per heavy atom. The molecule has 0 aliphatic carbocycles. The highest BCUT2D eigenvalue weighted by Crippen LogP contribution is 2.25. The Labute approximate surface area is 160 Å². The lowest BCUT2D eigenvalue weighted by Crippen LogP contribution is -2.31. The van der Waals surface area contributed by atoms with Gasteiger partial charge in [0.2, 0.25) is 0 Å². The molecule has 0 saturated carbocycles. The van der Waals surface area contributed by atoms with Gasteiger partial charge in [0, 0.05) is 23.9 Å². The minimum absolute atomic E-state index is 0. The zero-order valence-electron chi connectivity index (χ0n) is 14.6. The number of halogens is 2. The smallest absolute Gasteiger partial charge is 0.253 e. The maximum Gasteiger partial charge on any atom is 0.253 e. The van der Waals surface area contributed by atoms with E-state index in [0.717, 1.165) is 33.9 Å². The summed E-state index contributed by atoms with van der Waals surface area (Å²) in [5.74, 6) is -0.0698. The molecule has 2 aromatic carbocycles. The van der Waals surface area contributed by atoms with Crippen molar-refractivity contribution in [2.24, 2.45) is 0 Å². The van der Waals surface area contributed by atoms with Gasteiger partial charge >= 0.3 is 0 Å². The van der Waals surface area contributed by atoms with Gasteiger partial charge in [0.05, 0.1) is 16.6 Å². The number of nitrogens with zero attached hydrogens (tertiary/aromatic N) is 2. The lowest BCUT2D eigenvalue weighted by Gasteiger charge is -2.12. The number of aromatic nitrogens is 1. The van der Waals surface area contributed by atoms with E-state index in [0.29, 0.717) is 12.1 Å². The van der Waals surface area contributed by atoms with Crippen molar-refractivity contribution in [1.29, 1.82) is 0 Å². The van der Waals surface area contributed by atoms with E-state index >= 15 is 0 Å². The fraction of sp³-hybridized carbons (Fsp3) is 0.263. The Hall–Kier alpha value is -1.88. The Kier molecular flexibility index (Phi) is 7.61. The van der Waals surface area contributed by atoms with E-state index in [-0.39, 0.29) is 30.7 Å². The summed E-state index contributed by atoms with van der Waals surface area (Å²) in [6.45, 7) is 3.48. The lowest BCUT2D eigenvalue weighted by atomic mass is 10.0. The summed E-state index contributed by atoms with van der Waals surface area (Å²) in [7, 11) is 3.97. The van der Waals surface area contributed by atoms with Crippen molar-refractivity contribution in [3.05, 3.63) is 53.6 Å². The number of rotatable bonds is 4. The first-order valence-corrected chi connectivity index (χ1v) is 7.78. The standard InChI is InChI=1S/C19H21N3O.2ClH/c1-13-8-9-15(19(23)20-10-11-22(2)3)18-16(13)12-14-6-4-5-7-17(14)21-18;;/h4-9,12H,10-11H2,1-3H3,(H,20,23);2*1H. The summed E-state index contributed by atoms with van der Waals surface area (Å²) in [4.78, 5) is 19.3. The second-order valence-electron chi connectivity index (χ2n) is 6.07. The van der Waals surface area contributed by atoms with Crippen molar-refractivity contribution in [2.45, 2.75) is 6.92 Å². The van der Waals surface area contributed by atoms with Gasteiger partial charge in [0.1, 0.15) is 0 Å². The number of carbonyl (C=O) groups excluding carboxylic acids is 1. The highest BCUT2D eigenvalue weighted by atomic mass is 35.5. The van der Waals surface area contributed by atoms with Crippen LogP contribution in [0.3, 0.4) is 0 Å². The van der Waals surface area contributed by atoms with E-state index in [1.165, 1.54) is 0 Å². The predicted octanol–water partition coefficient (Wildman–Crippen LogP) is 3.83. The van der Waals surface area contributed by atoms with Crippen LogP contribution in [0, 0.1) is 6.92 Å². The van der Waals surface area contributed by atoms with Crippen molar-refractivity contribution in [2.75, 3.05) is 27.2 Å². The Morgan fingerprint density at radius 1 is 1.12 bits per heavy atom. The van der Waals surface area contributed by atoms with E-state index < -0.39 is 0 Å². The van der Waals surface area contributed by atoms with Crippen LogP contribution >= 0.6 is 24.8 Å². The Bertz CT molecular complexity index is 881. The first kappa shape index (κ1) is 21.2. The number of benzene rings is 2. The third kappa shape index (κ3) is 4.60. The zero-order chi connectivity index (χ0) is 16.4. The number of hydrogen-bond donors (Lipinski definition) is 1. The molecule has 0 aliphatic rings. The molecule has 0 fully saturated rings. The third-order valence-corrected chi connectivity index (χ3v) is 3.99. The molecule has 0 radical (unpaired) electrons. The molecule has 0 bridgehead atoms. The van der Waals surface area contributed by atoms with E-state index in [4.69, 9.17) is 4.98 Å². The molecular weight excluding hydrogens is 357 g/mol. The molecule has 0 atom stereocenters. The summed E-state index contributed by atoms with van der Waals surface area (Å²) in [6.07, 6.45) is 0. The molecule has 3 aromatic rings. The van der Waals surface area contributed by atoms with Crippen LogP contribution in [0.1, 0.15) is 15.9 Å². The number of likely N-dealkylation sites (N-methyl/N-ethyl adjacent to an activating group) is 1. The molecule has 1 aromatic heterocycles. The van der Waals surface area contributed by atoms with Crippen LogP contribution in [0.4, 0.5) is 0 Å². The minimum Gasteiger partial charge on any atom is -0.351 e. The molecule has 0 aliphatic heterocycles. The van der Waals surface area contributed by atoms with Gasteiger partial charge in [-0.3, -0.25) is 4.79 Å². The second kappa shape index (κ2) is 8.99. The van der Waals surface area contributed by atoms with Gasteiger partial charge in [0.15, 0.2) is 0 Å². The number of carbonyl (C=O) groups is 1. The van der Waals surface area contributed by atoms with E-state index in [1.807, 2.05) is 62.3 Å². The van der Waals surface area contributed by atoms with Crippen molar-refractivity contribution < 1.29 is 4.79 Å². The molecule has 1 heterocycles. The summed E-state index contributed by atoms with van der Waals surface area (Å²) < 4.78 is 0. The Balaban J connectivity index is 0.00000156. The molecule has 25 heavy (non-hydrogen) atoms. The quantitative estimate of drug-likeness (QED) is 0.700. The van der Waals surface area contributed by atoms with Gasteiger partial charge in [-0.05, 0) is 44.8 Å². The Morgan fingerprint density at radius 2 is 1.84 bits per heavy atom. The average molecular weight is 380 g/mol. The van der Waals surface area contributed by atoms with Gasteiger partial charge in [-0.25, -0.2) is 4.98 Å². The minimum atomic E-state index is -0.0698. The van der Waals surface area contributed by atoms with Crippen LogP contribution in [-0.4, -0.2) is 43.0 Å². The largest absolute Gasteiger partial charge is 0.351 e. The summed E-state index contributed by atoms with van der Waals surface area (Å²) in [6, 6.07) is 14.0.